The van der Waals surface area contributed by atoms with Crippen molar-refractivity contribution in [3.05, 3.63) is 12.2 Å². The van der Waals surface area contributed by atoms with Gasteiger partial charge in [-0.15, -0.1) is 6.58 Å². The average molecular weight is 442 g/mol. The molecule has 184 valence electrons. The molecule has 1 N–H and O–H groups in total. The van der Waals surface area contributed by atoms with Crippen LogP contribution in [0.1, 0.15) is 111 Å². The average Bonchev–Trinajstić information content (AvgIpc) is 2.67. The second kappa shape index (κ2) is 20.8. The summed E-state index contributed by atoms with van der Waals surface area (Å²) in [7, 11) is 0. The molecule has 5 heteroatoms. The maximum atomic E-state index is 11.5. The zero-order valence-electron chi connectivity index (χ0n) is 21.1. The van der Waals surface area contributed by atoms with Crippen molar-refractivity contribution in [2.75, 3.05) is 33.0 Å². The summed E-state index contributed by atoms with van der Waals surface area (Å²) >= 11 is 0. The standard InChI is InChI=1S/C26H51NO4/c1-24(2)18-14-10-6-8-12-16-20-29-22-23-30-21-17-13-9-7-11-15-19-27-25(28)31-26(3,4)5/h1,6-23H2,2-5H3,(H,27,28). The van der Waals surface area contributed by atoms with Crippen LogP contribution in [-0.2, 0) is 14.2 Å². The van der Waals surface area contributed by atoms with Gasteiger partial charge in [0.2, 0.25) is 0 Å². The maximum absolute atomic E-state index is 11.5. The molecular formula is C26H51NO4. The molecule has 0 aromatic heterocycles. The van der Waals surface area contributed by atoms with Crippen molar-refractivity contribution >= 4 is 6.09 Å². The first-order chi connectivity index (χ1) is 14.8. The van der Waals surface area contributed by atoms with Crippen LogP contribution in [0, 0.1) is 0 Å². The molecular weight excluding hydrogens is 390 g/mol. The quantitative estimate of drug-likeness (QED) is 0.151. The minimum atomic E-state index is -0.428. The van der Waals surface area contributed by atoms with E-state index < -0.39 is 5.60 Å². The van der Waals surface area contributed by atoms with E-state index in [0.717, 1.165) is 38.9 Å². The number of rotatable bonds is 21. The van der Waals surface area contributed by atoms with Crippen molar-refractivity contribution in [1.82, 2.24) is 5.32 Å². The van der Waals surface area contributed by atoms with Gasteiger partial charge in [0, 0.05) is 19.8 Å². The van der Waals surface area contributed by atoms with Gasteiger partial charge in [-0.2, -0.15) is 0 Å². The molecule has 0 aliphatic rings. The molecule has 0 aromatic rings. The van der Waals surface area contributed by atoms with Gasteiger partial charge in [0.05, 0.1) is 13.2 Å². The van der Waals surface area contributed by atoms with Gasteiger partial charge in [0.1, 0.15) is 5.60 Å². The molecule has 0 rings (SSSR count). The molecule has 0 aromatic carbocycles. The maximum Gasteiger partial charge on any atom is 0.407 e. The first kappa shape index (κ1) is 29.9. The topological polar surface area (TPSA) is 56.8 Å². The fourth-order valence-electron chi connectivity index (χ4n) is 3.20. The summed E-state index contributed by atoms with van der Waals surface area (Å²) in [6, 6.07) is 0. The Bertz CT molecular complexity index is 432. The van der Waals surface area contributed by atoms with Gasteiger partial charge in [0.15, 0.2) is 0 Å². The molecule has 1 amide bonds. The fourth-order valence-corrected chi connectivity index (χ4v) is 3.20. The van der Waals surface area contributed by atoms with Crippen LogP contribution in [0.3, 0.4) is 0 Å². The number of hydrogen-bond donors (Lipinski definition) is 1. The van der Waals surface area contributed by atoms with Crippen molar-refractivity contribution in [2.24, 2.45) is 0 Å². The van der Waals surface area contributed by atoms with Crippen LogP contribution >= 0.6 is 0 Å². The fraction of sp³-hybridized carbons (Fsp3) is 0.885. The van der Waals surface area contributed by atoms with Crippen molar-refractivity contribution < 1.29 is 19.0 Å². The van der Waals surface area contributed by atoms with Gasteiger partial charge < -0.3 is 19.5 Å². The summed E-state index contributed by atoms with van der Waals surface area (Å²) in [6.07, 6.45) is 15.4. The Kier molecular flexibility index (Phi) is 20.1. The minimum Gasteiger partial charge on any atom is -0.444 e. The highest BCUT2D eigenvalue weighted by atomic mass is 16.6. The molecule has 0 spiro atoms. The third-order valence-corrected chi connectivity index (χ3v) is 4.90. The smallest absolute Gasteiger partial charge is 0.407 e. The minimum absolute atomic E-state index is 0.321. The largest absolute Gasteiger partial charge is 0.444 e. The number of unbranched alkanes of at least 4 members (excludes halogenated alkanes) is 10. The number of nitrogens with one attached hydrogen (secondary N) is 1. The van der Waals surface area contributed by atoms with Crippen molar-refractivity contribution in [1.29, 1.82) is 0 Å². The highest BCUT2D eigenvalue weighted by Gasteiger charge is 2.15. The van der Waals surface area contributed by atoms with Crippen LogP contribution in [0.5, 0.6) is 0 Å². The lowest BCUT2D eigenvalue weighted by molar-refractivity contribution is 0.0448. The predicted octanol–water partition coefficient (Wildman–Crippen LogP) is 7.19. The molecule has 0 heterocycles. The number of carbonyl (C=O) groups is 1. The second-order valence-corrected chi connectivity index (χ2v) is 9.60. The molecule has 0 aliphatic heterocycles. The first-order valence-corrected chi connectivity index (χ1v) is 12.6. The van der Waals surface area contributed by atoms with Crippen LogP contribution in [0.15, 0.2) is 12.2 Å². The Hall–Kier alpha value is -1.07. The molecule has 0 bridgehead atoms. The number of carbonyl (C=O) groups excluding carboxylic acids is 1. The van der Waals surface area contributed by atoms with Gasteiger partial charge in [-0.1, -0.05) is 56.9 Å². The zero-order valence-corrected chi connectivity index (χ0v) is 21.1. The molecule has 31 heavy (non-hydrogen) atoms. The summed E-state index contributed by atoms with van der Waals surface area (Å²) in [5.41, 5.74) is 0.875. The molecule has 0 aliphatic carbocycles. The molecule has 0 atom stereocenters. The Morgan fingerprint density at radius 2 is 1.16 bits per heavy atom. The number of ether oxygens (including phenoxy) is 3. The van der Waals surface area contributed by atoms with E-state index in [1.54, 1.807) is 0 Å². The van der Waals surface area contributed by atoms with Crippen molar-refractivity contribution in [3.8, 4) is 0 Å². The monoisotopic (exact) mass is 441 g/mol. The van der Waals surface area contributed by atoms with E-state index in [0.29, 0.717) is 19.8 Å². The third-order valence-electron chi connectivity index (χ3n) is 4.90. The summed E-state index contributed by atoms with van der Waals surface area (Å²) < 4.78 is 16.5. The van der Waals surface area contributed by atoms with Gasteiger partial charge >= 0.3 is 6.09 Å². The van der Waals surface area contributed by atoms with Gasteiger partial charge in [0.25, 0.3) is 0 Å². The van der Waals surface area contributed by atoms with Gasteiger partial charge in [-0.05, 0) is 59.8 Å². The van der Waals surface area contributed by atoms with Crippen LogP contribution in [0.25, 0.3) is 0 Å². The van der Waals surface area contributed by atoms with Crippen LogP contribution in [0.2, 0.25) is 0 Å². The Balaban J connectivity index is 3.13. The molecule has 0 saturated heterocycles. The number of alkyl carbamates (subject to hydrolysis) is 1. The van der Waals surface area contributed by atoms with Crippen molar-refractivity contribution in [3.63, 3.8) is 0 Å². The lowest BCUT2D eigenvalue weighted by atomic mass is 10.1. The third kappa shape index (κ3) is 26.9. The zero-order chi connectivity index (χ0) is 23.2. The molecule has 0 unspecified atom stereocenters. The van der Waals surface area contributed by atoms with E-state index in [1.807, 2.05) is 20.8 Å². The highest BCUT2D eigenvalue weighted by molar-refractivity contribution is 5.67. The second-order valence-electron chi connectivity index (χ2n) is 9.60. The van der Waals surface area contributed by atoms with Crippen molar-refractivity contribution in [2.45, 2.75) is 117 Å². The van der Waals surface area contributed by atoms with Crippen LogP contribution < -0.4 is 5.32 Å². The van der Waals surface area contributed by atoms with E-state index in [2.05, 4.69) is 18.8 Å². The van der Waals surface area contributed by atoms with E-state index in [-0.39, 0.29) is 6.09 Å². The van der Waals surface area contributed by atoms with Gasteiger partial charge in [-0.25, -0.2) is 4.79 Å². The van der Waals surface area contributed by atoms with E-state index in [4.69, 9.17) is 14.2 Å². The van der Waals surface area contributed by atoms with E-state index in [1.165, 1.54) is 63.4 Å². The normalized spacial score (nSPS) is 11.5. The predicted molar refractivity (Wildman–Crippen MR) is 131 cm³/mol. The van der Waals surface area contributed by atoms with E-state index in [9.17, 15) is 4.79 Å². The van der Waals surface area contributed by atoms with Crippen LogP contribution in [0.4, 0.5) is 4.79 Å². The number of amides is 1. The summed E-state index contributed by atoms with van der Waals surface area (Å²) in [6.45, 7) is 15.5. The summed E-state index contributed by atoms with van der Waals surface area (Å²) in [5, 5.41) is 2.80. The Morgan fingerprint density at radius 3 is 1.65 bits per heavy atom. The van der Waals surface area contributed by atoms with Crippen LogP contribution in [-0.4, -0.2) is 44.7 Å². The summed E-state index contributed by atoms with van der Waals surface area (Å²) in [5.74, 6) is 0. The number of hydrogen-bond acceptors (Lipinski definition) is 4. The summed E-state index contributed by atoms with van der Waals surface area (Å²) in [4.78, 5) is 11.5. The lowest BCUT2D eigenvalue weighted by Gasteiger charge is -2.19. The molecule has 0 saturated carbocycles. The first-order valence-electron chi connectivity index (χ1n) is 12.6. The lowest BCUT2D eigenvalue weighted by Crippen LogP contribution is -2.32. The molecule has 0 radical (unpaired) electrons. The Morgan fingerprint density at radius 1 is 0.710 bits per heavy atom. The van der Waals surface area contributed by atoms with Gasteiger partial charge in [-0.3, -0.25) is 0 Å². The highest BCUT2D eigenvalue weighted by Crippen LogP contribution is 2.10. The van der Waals surface area contributed by atoms with E-state index >= 15 is 0 Å². The SMILES string of the molecule is C=C(C)CCCCCCCCOCCOCCCCCCCCNC(=O)OC(C)(C)C. The number of allylic oxidation sites excluding steroid dienone is 1. The Labute approximate surface area is 192 Å². The molecule has 5 nitrogen and oxygen atoms in total. The molecule has 0 fully saturated rings.